The quantitative estimate of drug-likeness (QED) is 0.522. The molecule has 4 rings (SSSR count). The number of ether oxygens (including phenoxy) is 2. The van der Waals surface area contributed by atoms with Gasteiger partial charge in [0.2, 0.25) is 0 Å². The first-order chi connectivity index (χ1) is 13.1. The number of anilines is 1. The molecule has 0 radical (unpaired) electrons. The summed E-state index contributed by atoms with van der Waals surface area (Å²) in [7, 11) is 0. The average Bonchev–Trinajstić information content (AvgIpc) is 3.36. The van der Waals surface area contributed by atoms with Crippen molar-refractivity contribution in [2.75, 3.05) is 18.5 Å². The first-order valence-electron chi connectivity index (χ1n) is 7.86. The molecule has 0 fully saturated rings. The maximum Gasteiger partial charge on any atom is 0.358 e. The zero-order chi connectivity index (χ0) is 18.8. The lowest BCUT2D eigenvalue weighted by molar-refractivity contribution is -0.118. The maximum absolute atomic E-state index is 12.3. The Morgan fingerprint density at radius 1 is 1.26 bits per heavy atom. The van der Waals surface area contributed by atoms with Gasteiger partial charge in [0.15, 0.2) is 24.7 Å². The molecule has 136 valence electrons. The minimum atomic E-state index is -0.656. The molecule has 0 bridgehead atoms. The molecule has 0 saturated heterocycles. The molecule has 1 aliphatic rings. The van der Waals surface area contributed by atoms with Crippen LogP contribution in [0.4, 0.5) is 5.69 Å². The zero-order valence-corrected chi connectivity index (χ0v) is 15.4. The molecular weight excluding hydrogens is 388 g/mol. The first-order valence-corrected chi connectivity index (χ1v) is 9.62. The number of thiazole rings is 1. The van der Waals surface area contributed by atoms with Crippen molar-refractivity contribution in [1.29, 1.82) is 0 Å². The number of thiophene rings is 1. The number of fused-ring (bicyclic) bond motifs is 1. The van der Waals surface area contributed by atoms with E-state index in [-0.39, 0.29) is 24.0 Å². The van der Waals surface area contributed by atoms with Crippen LogP contribution in [0.25, 0.3) is 9.88 Å². The third-order valence-corrected chi connectivity index (χ3v) is 5.60. The monoisotopic (exact) mass is 400 g/mol. The summed E-state index contributed by atoms with van der Waals surface area (Å²) in [6, 6.07) is 8.48. The Morgan fingerprint density at radius 3 is 2.96 bits per heavy atom. The molecular formula is C18H12N2O5S2. The highest BCUT2D eigenvalue weighted by Crippen LogP contribution is 2.29. The number of nitrogens with zero attached hydrogens (tertiary/aromatic N) is 1. The second kappa shape index (κ2) is 7.29. The molecule has 9 heteroatoms. The Balaban J connectivity index is 1.40. The summed E-state index contributed by atoms with van der Waals surface area (Å²) in [5, 5.41) is 6.90. The van der Waals surface area contributed by atoms with Crippen molar-refractivity contribution in [1.82, 2.24) is 4.98 Å². The topological polar surface area (TPSA) is 94.6 Å². The molecule has 1 aromatic carbocycles. The Kier molecular flexibility index (Phi) is 4.69. The number of carbonyl (C=O) groups is 3. The molecule has 0 atom stereocenters. The van der Waals surface area contributed by atoms with Gasteiger partial charge in [-0.15, -0.1) is 22.7 Å². The Bertz CT molecular complexity index is 1030. The van der Waals surface area contributed by atoms with Crippen LogP contribution >= 0.6 is 22.7 Å². The number of hydrogen-bond acceptors (Lipinski definition) is 8. The van der Waals surface area contributed by atoms with Crippen molar-refractivity contribution in [3.63, 3.8) is 0 Å². The highest BCUT2D eigenvalue weighted by atomic mass is 32.1. The van der Waals surface area contributed by atoms with Crippen LogP contribution in [0.1, 0.15) is 20.8 Å². The summed E-state index contributed by atoms with van der Waals surface area (Å²) in [5.41, 5.74) is 0.899. The molecule has 0 aliphatic carbocycles. The van der Waals surface area contributed by atoms with Crippen LogP contribution in [0, 0.1) is 0 Å². The van der Waals surface area contributed by atoms with Gasteiger partial charge in [-0.25, -0.2) is 9.78 Å². The largest absolute Gasteiger partial charge is 0.482 e. The van der Waals surface area contributed by atoms with Crippen LogP contribution in [0.2, 0.25) is 0 Å². The van der Waals surface area contributed by atoms with Gasteiger partial charge in [-0.3, -0.25) is 9.59 Å². The number of ketones is 1. The van der Waals surface area contributed by atoms with Crippen LogP contribution in [0.3, 0.4) is 0 Å². The van der Waals surface area contributed by atoms with Crippen LogP contribution in [0.5, 0.6) is 5.75 Å². The summed E-state index contributed by atoms with van der Waals surface area (Å²) in [5.74, 6) is -0.841. The third-order valence-electron chi connectivity index (χ3n) is 3.71. The van der Waals surface area contributed by atoms with Gasteiger partial charge in [0.05, 0.1) is 10.6 Å². The fraction of sp³-hybridized carbons (Fsp3) is 0.111. The van der Waals surface area contributed by atoms with Crippen molar-refractivity contribution < 1.29 is 23.9 Å². The highest BCUT2D eigenvalue weighted by Gasteiger charge is 2.19. The van der Waals surface area contributed by atoms with Crippen LogP contribution in [-0.4, -0.2) is 35.9 Å². The van der Waals surface area contributed by atoms with E-state index in [0.29, 0.717) is 17.0 Å². The first kappa shape index (κ1) is 17.4. The van der Waals surface area contributed by atoms with E-state index >= 15 is 0 Å². The van der Waals surface area contributed by atoms with E-state index < -0.39 is 12.6 Å². The third kappa shape index (κ3) is 3.74. The Morgan fingerprint density at radius 2 is 2.15 bits per heavy atom. The standard InChI is InChI=1S/C18H12N2O5S2/c21-13(10-3-4-14-11(6-10)19-16(22)8-24-14)7-25-18(23)12-9-27-17(20-12)15-2-1-5-26-15/h1-6,9H,7-8H2,(H,19,22). The number of carbonyl (C=O) groups excluding carboxylic acids is 3. The van der Waals surface area contributed by atoms with Crippen molar-refractivity contribution in [3.8, 4) is 15.6 Å². The van der Waals surface area contributed by atoms with Crippen molar-refractivity contribution >= 4 is 46.0 Å². The lowest BCUT2D eigenvalue weighted by Gasteiger charge is -2.18. The lowest BCUT2D eigenvalue weighted by Crippen LogP contribution is -2.25. The predicted octanol–water partition coefficient (Wildman–Crippen LogP) is 3.24. The molecule has 27 heavy (non-hydrogen) atoms. The van der Waals surface area contributed by atoms with Gasteiger partial charge in [0.1, 0.15) is 10.8 Å². The van der Waals surface area contributed by atoms with E-state index in [1.807, 2.05) is 17.5 Å². The Labute approximate surface area is 161 Å². The molecule has 1 N–H and O–H groups in total. The van der Waals surface area contributed by atoms with Gasteiger partial charge in [-0.05, 0) is 29.6 Å². The van der Waals surface area contributed by atoms with E-state index in [0.717, 1.165) is 9.88 Å². The Hall–Kier alpha value is -3.04. The minimum absolute atomic E-state index is 0.0565. The van der Waals surface area contributed by atoms with E-state index in [4.69, 9.17) is 9.47 Å². The highest BCUT2D eigenvalue weighted by molar-refractivity contribution is 7.20. The molecule has 3 heterocycles. The van der Waals surface area contributed by atoms with Crippen LogP contribution in [-0.2, 0) is 9.53 Å². The molecule has 0 spiro atoms. The zero-order valence-electron chi connectivity index (χ0n) is 13.8. The van der Waals surface area contributed by atoms with Crippen molar-refractivity contribution in [2.24, 2.45) is 0 Å². The SMILES string of the molecule is O=C1COc2ccc(C(=O)COC(=O)c3csc(-c4cccs4)n3)cc2N1. The second-order valence-electron chi connectivity index (χ2n) is 5.56. The molecule has 0 saturated carbocycles. The number of amides is 1. The fourth-order valence-electron chi connectivity index (χ4n) is 2.43. The number of Topliss-reactive ketones (excluding diaryl/α,β-unsaturated/α-hetero) is 1. The fourth-order valence-corrected chi connectivity index (χ4v) is 4.03. The average molecular weight is 400 g/mol. The van der Waals surface area contributed by atoms with Gasteiger partial charge < -0.3 is 14.8 Å². The summed E-state index contributed by atoms with van der Waals surface area (Å²) in [6.07, 6.45) is 0. The summed E-state index contributed by atoms with van der Waals surface area (Å²) in [4.78, 5) is 41.0. The van der Waals surface area contributed by atoms with Gasteiger partial charge in [0.25, 0.3) is 5.91 Å². The lowest BCUT2D eigenvalue weighted by atomic mass is 10.1. The normalized spacial score (nSPS) is 12.7. The van der Waals surface area contributed by atoms with Crippen molar-refractivity contribution in [3.05, 3.63) is 52.3 Å². The molecule has 0 unspecified atom stereocenters. The van der Waals surface area contributed by atoms with Gasteiger partial charge in [0, 0.05) is 10.9 Å². The summed E-state index contributed by atoms with van der Waals surface area (Å²) >= 11 is 2.87. The summed E-state index contributed by atoms with van der Waals surface area (Å²) < 4.78 is 10.3. The molecule has 1 amide bonds. The molecule has 1 aliphatic heterocycles. The van der Waals surface area contributed by atoms with Gasteiger partial charge in [-0.1, -0.05) is 6.07 Å². The molecule has 7 nitrogen and oxygen atoms in total. The molecule has 2 aromatic heterocycles. The minimum Gasteiger partial charge on any atom is -0.482 e. The van der Waals surface area contributed by atoms with E-state index in [1.54, 1.807) is 17.5 Å². The number of hydrogen-bond donors (Lipinski definition) is 1. The van der Waals surface area contributed by atoms with Crippen LogP contribution in [0.15, 0.2) is 41.1 Å². The summed E-state index contributed by atoms with van der Waals surface area (Å²) in [6.45, 7) is -0.475. The van der Waals surface area contributed by atoms with Crippen LogP contribution < -0.4 is 10.1 Å². The smallest absolute Gasteiger partial charge is 0.358 e. The number of esters is 1. The maximum atomic E-state index is 12.3. The van der Waals surface area contributed by atoms with Gasteiger partial charge in [-0.2, -0.15) is 0 Å². The second-order valence-corrected chi connectivity index (χ2v) is 7.37. The molecule has 3 aromatic rings. The number of benzene rings is 1. The van der Waals surface area contributed by atoms with Crippen molar-refractivity contribution in [2.45, 2.75) is 0 Å². The van der Waals surface area contributed by atoms with E-state index in [9.17, 15) is 14.4 Å². The number of nitrogens with one attached hydrogen (secondary N) is 1. The van der Waals surface area contributed by atoms with E-state index in [2.05, 4.69) is 10.3 Å². The van der Waals surface area contributed by atoms with Gasteiger partial charge >= 0.3 is 5.97 Å². The number of aromatic nitrogens is 1. The number of rotatable bonds is 5. The predicted molar refractivity (Wildman–Crippen MR) is 101 cm³/mol. The van der Waals surface area contributed by atoms with E-state index in [1.165, 1.54) is 28.7 Å².